The minimum atomic E-state index is 0.800. The molecule has 2 aliphatic heterocycles. The molecular formula is C19H17N5. The van der Waals surface area contributed by atoms with Crippen molar-refractivity contribution < 1.29 is 0 Å². The van der Waals surface area contributed by atoms with Gasteiger partial charge in [-0.3, -0.25) is 0 Å². The molecule has 3 N–H and O–H groups in total. The van der Waals surface area contributed by atoms with Crippen LogP contribution in [0.2, 0.25) is 0 Å². The third-order valence-electron chi connectivity index (χ3n) is 4.20. The van der Waals surface area contributed by atoms with Gasteiger partial charge >= 0.3 is 0 Å². The molecule has 2 aliphatic rings. The van der Waals surface area contributed by atoms with E-state index < -0.39 is 0 Å². The Balaban J connectivity index is 1.71. The highest BCUT2D eigenvalue weighted by Crippen LogP contribution is 2.07. The first-order valence-corrected chi connectivity index (χ1v) is 7.96. The van der Waals surface area contributed by atoms with Gasteiger partial charge in [0.15, 0.2) is 0 Å². The second kappa shape index (κ2) is 5.09. The van der Waals surface area contributed by atoms with E-state index in [0.29, 0.717) is 0 Å². The van der Waals surface area contributed by atoms with E-state index >= 15 is 0 Å². The molecule has 0 aromatic carbocycles. The van der Waals surface area contributed by atoms with Crippen molar-refractivity contribution in [2.75, 3.05) is 6.67 Å². The maximum Gasteiger partial charge on any atom is 0.0979 e. The molecule has 0 amide bonds. The Hall–Kier alpha value is -3.34. The number of nitrogens with zero attached hydrogens (tertiary/aromatic N) is 2. The van der Waals surface area contributed by atoms with Crippen molar-refractivity contribution in [1.82, 2.24) is 24.8 Å². The lowest BCUT2D eigenvalue weighted by Gasteiger charge is -2.13. The molecule has 3 aromatic heterocycles. The molecule has 5 nitrogen and oxygen atoms in total. The summed E-state index contributed by atoms with van der Waals surface area (Å²) in [4.78, 5) is 14.6. The van der Waals surface area contributed by atoms with Crippen LogP contribution in [0, 0.1) is 0 Å². The van der Waals surface area contributed by atoms with Gasteiger partial charge in [-0.15, -0.1) is 0 Å². The number of rotatable bonds is 0. The first-order chi connectivity index (χ1) is 11.8. The molecule has 0 unspecified atom stereocenters. The van der Waals surface area contributed by atoms with E-state index in [4.69, 9.17) is 0 Å². The van der Waals surface area contributed by atoms with Gasteiger partial charge < -0.3 is 24.8 Å². The van der Waals surface area contributed by atoms with Crippen LogP contribution in [0.15, 0.2) is 48.8 Å². The minimum Gasteiger partial charge on any atom is -0.355 e. The number of hydrogen-bond acceptors (Lipinski definition) is 2. The molecule has 0 fully saturated rings. The van der Waals surface area contributed by atoms with Gasteiger partial charge in [-0.1, -0.05) is 0 Å². The summed E-state index contributed by atoms with van der Waals surface area (Å²) in [5.74, 6) is 0. The van der Waals surface area contributed by atoms with Crippen LogP contribution in [-0.2, 0) is 0 Å². The van der Waals surface area contributed by atoms with Crippen molar-refractivity contribution in [3.05, 3.63) is 81.6 Å². The molecule has 0 saturated carbocycles. The van der Waals surface area contributed by atoms with Gasteiger partial charge in [0, 0.05) is 46.9 Å². The maximum atomic E-state index is 3.43. The van der Waals surface area contributed by atoms with Crippen LogP contribution in [0.1, 0.15) is 11.4 Å². The predicted octanol–water partition coefficient (Wildman–Crippen LogP) is -0.136. The van der Waals surface area contributed by atoms with Crippen molar-refractivity contribution in [3.8, 4) is 0 Å². The Bertz CT molecular complexity index is 1070. The zero-order valence-corrected chi connectivity index (χ0v) is 13.0. The van der Waals surface area contributed by atoms with Crippen molar-refractivity contribution in [2.24, 2.45) is 0 Å². The first kappa shape index (κ1) is 13.1. The topological polar surface area (TPSA) is 53.9 Å². The number of H-pyrrole nitrogens is 3. The average molecular weight is 315 g/mol. The molecule has 0 saturated heterocycles. The smallest absolute Gasteiger partial charge is 0.0979 e. The van der Waals surface area contributed by atoms with Gasteiger partial charge in [0.05, 0.1) is 17.4 Å². The van der Waals surface area contributed by atoms with Gasteiger partial charge in [-0.05, 0) is 48.6 Å². The van der Waals surface area contributed by atoms with Crippen LogP contribution in [-0.4, -0.2) is 31.4 Å². The zero-order chi connectivity index (χ0) is 15.9. The molecule has 5 rings (SSSR count). The van der Waals surface area contributed by atoms with Crippen LogP contribution >= 0.6 is 0 Å². The van der Waals surface area contributed by atoms with Crippen LogP contribution < -0.4 is 21.4 Å². The van der Waals surface area contributed by atoms with E-state index in [-0.39, 0.29) is 0 Å². The summed E-state index contributed by atoms with van der Waals surface area (Å²) in [5.41, 5.74) is 2.15. The largest absolute Gasteiger partial charge is 0.355 e. The highest BCUT2D eigenvalue weighted by atomic mass is 15.3. The third kappa shape index (κ3) is 2.46. The van der Waals surface area contributed by atoms with Crippen molar-refractivity contribution >= 4 is 24.6 Å². The van der Waals surface area contributed by atoms with E-state index in [9.17, 15) is 0 Å². The second-order valence-electron chi connectivity index (χ2n) is 6.12. The van der Waals surface area contributed by atoms with Gasteiger partial charge in [0.25, 0.3) is 0 Å². The molecule has 0 aliphatic carbocycles. The Labute approximate surface area is 138 Å². The normalized spacial score (nSPS) is 15.5. The number of nitrogens with one attached hydrogen (secondary N) is 3. The van der Waals surface area contributed by atoms with E-state index in [0.717, 1.165) is 39.5 Å². The molecule has 0 radical (unpaired) electrons. The lowest BCUT2D eigenvalue weighted by atomic mass is 10.3. The number of hydrogen-bond donors (Lipinski definition) is 3. The van der Waals surface area contributed by atoms with E-state index in [1.807, 2.05) is 0 Å². The molecule has 0 spiro atoms. The van der Waals surface area contributed by atoms with Gasteiger partial charge in [-0.2, -0.15) is 0 Å². The van der Waals surface area contributed by atoms with Gasteiger partial charge in [0.1, 0.15) is 0 Å². The van der Waals surface area contributed by atoms with Crippen molar-refractivity contribution in [1.29, 1.82) is 0 Å². The lowest BCUT2D eigenvalue weighted by molar-refractivity contribution is 0.436. The summed E-state index contributed by atoms with van der Waals surface area (Å²) in [6.07, 6.45) is 12.6. The second-order valence-corrected chi connectivity index (χ2v) is 6.12. The van der Waals surface area contributed by atoms with Crippen LogP contribution in [0.5, 0.6) is 0 Å². The Morgan fingerprint density at radius 3 is 1.62 bits per heavy atom. The molecule has 24 heavy (non-hydrogen) atoms. The molecule has 118 valence electrons. The lowest BCUT2D eigenvalue weighted by Crippen LogP contribution is -2.23. The van der Waals surface area contributed by atoms with Crippen molar-refractivity contribution in [2.45, 2.75) is 0 Å². The summed E-state index contributed by atoms with van der Waals surface area (Å²) >= 11 is 0. The standard InChI is InChI=1S/C19H17N5/c1-2-15-10-17-4-6-19(22-17)12-24-8-7-23(13-24)11-18-5-3-16(21-18)9-14(1)20-15/h1-12,20-22H,13H2. The summed E-state index contributed by atoms with van der Waals surface area (Å²) in [7, 11) is 0. The average Bonchev–Trinajstić information content (AvgIpc) is 3.32. The van der Waals surface area contributed by atoms with E-state index in [1.54, 1.807) is 0 Å². The molecule has 0 atom stereocenters. The van der Waals surface area contributed by atoms with E-state index in [1.165, 1.54) is 0 Å². The van der Waals surface area contributed by atoms with Crippen LogP contribution in [0.3, 0.4) is 0 Å². The SMILES string of the molecule is C1=CN2C=c3ccc([nH]3)=Cc3ccc([nH]3)C=c3ccc([nH]3)=CN1C2. The molecule has 8 bridgehead atoms. The van der Waals surface area contributed by atoms with Crippen LogP contribution in [0.25, 0.3) is 24.6 Å². The molecular weight excluding hydrogens is 298 g/mol. The highest BCUT2D eigenvalue weighted by molar-refractivity contribution is 5.52. The number of aromatic amines is 3. The Morgan fingerprint density at radius 2 is 1.08 bits per heavy atom. The summed E-state index contributed by atoms with van der Waals surface area (Å²) < 4.78 is 0. The van der Waals surface area contributed by atoms with Gasteiger partial charge in [0.2, 0.25) is 0 Å². The monoisotopic (exact) mass is 315 g/mol. The maximum absolute atomic E-state index is 3.43. The highest BCUT2D eigenvalue weighted by Gasteiger charge is 2.07. The molecule has 5 heteroatoms. The predicted molar refractivity (Wildman–Crippen MR) is 94.6 cm³/mol. The van der Waals surface area contributed by atoms with Crippen LogP contribution in [0.4, 0.5) is 0 Å². The Morgan fingerprint density at radius 1 is 0.583 bits per heavy atom. The summed E-state index contributed by atoms with van der Waals surface area (Å²) in [6, 6.07) is 12.5. The zero-order valence-electron chi connectivity index (χ0n) is 13.0. The molecule has 5 heterocycles. The number of aromatic nitrogens is 3. The quantitative estimate of drug-likeness (QED) is 0.541. The minimum absolute atomic E-state index is 0.800. The summed E-state index contributed by atoms with van der Waals surface area (Å²) in [5, 5.41) is 4.33. The first-order valence-electron chi connectivity index (χ1n) is 7.96. The van der Waals surface area contributed by atoms with Gasteiger partial charge in [-0.25, -0.2) is 0 Å². The fourth-order valence-electron chi connectivity index (χ4n) is 3.09. The fraction of sp³-hybridized carbons (Fsp3) is 0.0526. The summed E-state index contributed by atoms with van der Waals surface area (Å²) in [6.45, 7) is 0.800. The van der Waals surface area contributed by atoms with Crippen molar-refractivity contribution in [3.63, 3.8) is 0 Å². The fourth-order valence-corrected chi connectivity index (χ4v) is 3.09. The Kier molecular flexibility index (Phi) is 2.79. The number of fused-ring (bicyclic) bond motifs is 8. The van der Waals surface area contributed by atoms with E-state index in [2.05, 4.69) is 98.1 Å². The molecule has 3 aromatic rings. The third-order valence-corrected chi connectivity index (χ3v) is 4.20.